The lowest BCUT2D eigenvalue weighted by atomic mass is 9.94. The Bertz CT molecular complexity index is 1260. The van der Waals surface area contributed by atoms with Crippen LogP contribution in [-0.2, 0) is 6.54 Å². The third-order valence-electron chi connectivity index (χ3n) is 6.21. The molecule has 2 aromatic carbocycles. The molecule has 1 N–H and O–H groups in total. The normalized spacial score (nSPS) is 14.7. The minimum atomic E-state index is -0.333. The molecular weight excluding hydrogens is 407 g/mol. The van der Waals surface area contributed by atoms with Crippen LogP contribution in [0.15, 0.2) is 48.5 Å². The molecule has 1 fully saturated rings. The number of hydrogen-bond acceptors (Lipinski definition) is 4. The lowest BCUT2D eigenvalue weighted by Crippen LogP contribution is -2.43. The Hall–Kier alpha value is -3.55. The third-order valence-corrected chi connectivity index (χ3v) is 6.21. The monoisotopic (exact) mass is 432 g/mol. The zero-order valence-electron chi connectivity index (χ0n) is 18.0. The third kappa shape index (κ3) is 4.00. The fraction of sp³-hybridized carbons (Fsp3) is 0.333. The predicted octanol–water partition coefficient (Wildman–Crippen LogP) is 5.09. The van der Waals surface area contributed by atoms with Gasteiger partial charge in [0.25, 0.3) is 0 Å². The van der Waals surface area contributed by atoms with Crippen molar-refractivity contribution in [1.82, 2.24) is 24.9 Å². The Balaban J connectivity index is 1.51. The molecule has 0 spiro atoms. The van der Waals surface area contributed by atoms with Crippen molar-refractivity contribution in [3.63, 3.8) is 0 Å². The van der Waals surface area contributed by atoms with Crippen LogP contribution < -0.4 is 5.32 Å². The largest absolute Gasteiger partial charge is 0.322 e. The number of tetrazole rings is 1. The minimum Gasteiger partial charge on any atom is -0.317 e. The van der Waals surface area contributed by atoms with Gasteiger partial charge in [-0.15, -0.1) is 5.10 Å². The van der Waals surface area contributed by atoms with Crippen molar-refractivity contribution in [3.8, 4) is 0 Å². The number of rotatable bonds is 4. The smallest absolute Gasteiger partial charge is 0.317 e. The first-order valence-electron chi connectivity index (χ1n) is 11.0. The molecule has 8 heteroatoms. The molecule has 164 valence electrons. The summed E-state index contributed by atoms with van der Waals surface area (Å²) in [5, 5.41) is 16.3. The number of amides is 2. The van der Waals surface area contributed by atoms with Crippen LogP contribution in [0.3, 0.4) is 0 Å². The molecule has 2 amide bonds. The van der Waals surface area contributed by atoms with Crippen LogP contribution in [0, 0.1) is 12.7 Å². The number of halogens is 1. The Morgan fingerprint density at radius 3 is 2.69 bits per heavy atom. The second kappa shape index (κ2) is 8.53. The molecule has 1 aliphatic rings. The van der Waals surface area contributed by atoms with E-state index in [4.69, 9.17) is 0 Å². The maximum atomic E-state index is 13.4. The van der Waals surface area contributed by atoms with Gasteiger partial charge in [-0.2, -0.15) is 4.52 Å². The Morgan fingerprint density at radius 1 is 1.12 bits per heavy atom. The highest BCUT2D eigenvalue weighted by atomic mass is 19.1. The molecule has 5 rings (SSSR count). The summed E-state index contributed by atoms with van der Waals surface area (Å²) in [4.78, 5) is 15.2. The van der Waals surface area contributed by atoms with Gasteiger partial charge in [-0.05, 0) is 72.7 Å². The van der Waals surface area contributed by atoms with Gasteiger partial charge in [-0.1, -0.05) is 30.9 Å². The van der Waals surface area contributed by atoms with E-state index in [0.29, 0.717) is 17.9 Å². The molecule has 4 aromatic rings. The van der Waals surface area contributed by atoms with Gasteiger partial charge in [0, 0.05) is 22.7 Å². The van der Waals surface area contributed by atoms with Crippen LogP contribution in [0.2, 0.25) is 0 Å². The topological polar surface area (TPSA) is 75.4 Å². The SMILES string of the molecule is Cc1ccc2c(c1)cc(CN(C(=O)Nc1ccc(F)cc1)C1CCCCC1)c1nnnn12. The van der Waals surface area contributed by atoms with Crippen LogP contribution >= 0.6 is 0 Å². The van der Waals surface area contributed by atoms with Gasteiger partial charge in [0.05, 0.1) is 12.1 Å². The van der Waals surface area contributed by atoms with E-state index in [1.165, 1.54) is 18.6 Å². The van der Waals surface area contributed by atoms with E-state index >= 15 is 0 Å². The number of nitrogens with one attached hydrogen (secondary N) is 1. The quantitative estimate of drug-likeness (QED) is 0.487. The lowest BCUT2D eigenvalue weighted by molar-refractivity contribution is 0.163. The molecule has 0 unspecified atom stereocenters. The number of nitrogens with zero attached hydrogens (tertiary/aromatic N) is 5. The van der Waals surface area contributed by atoms with Crippen LogP contribution in [0.25, 0.3) is 16.6 Å². The van der Waals surface area contributed by atoms with Crippen LogP contribution in [-0.4, -0.2) is 37.0 Å². The summed E-state index contributed by atoms with van der Waals surface area (Å²) in [5.41, 5.74) is 4.19. The molecule has 0 bridgehead atoms. The van der Waals surface area contributed by atoms with E-state index in [2.05, 4.69) is 33.0 Å². The number of urea groups is 1. The van der Waals surface area contributed by atoms with Crippen molar-refractivity contribution in [2.75, 3.05) is 5.32 Å². The number of aryl methyl sites for hydroxylation is 1. The van der Waals surface area contributed by atoms with Gasteiger partial charge in [-0.3, -0.25) is 0 Å². The summed E-state index contributed by atoms with van der Waals surface area (Å²) in [6.45, 7) is 2.44. The second-order valence-corrected chi connectivity index (χ2v) is 8.50. The first kappa shape index (κ1) is 20.4. The van der Waals surface area contributed by atoms with E-state index in [0.717, 1.165) is 47.7 Å². The highest BCUT2D eigenvalue weighted by molar-refractivity contribution is 5.90. The van der Waals surface area contributed by atoms with Gasteiger partial charge >= 0.3 is 6.03 Å². The highest BCUT2D eigenvalue weighted by Gasteiger charge is 2.27. The van der Waals surface area contributed by atoms with Crippen LogP contribution in [0.5, 0.6) is 0 Å². The average Bonchev–Trinajstić information content (AvgIpc) is 3.29. The van der Waals surface area contributed by atoms with Crippen LogP contribution in [0.1, 0.15) is 43.2 Å². The Kier molecular flexibility index (Phi) is 5.43. The van der Waals surface area contributed by atoms with Gasteiger partial charge in [-0.25, -0.2) is 9.18 Å². The molecule has 1 aliphatic carbocycles. The van der Waals surface area contributed by atoms with Gasteiger partial charge < -0.3 is 10.2 Å². The van der Waals surface area contributed by atoms with Crippen molar-refractivity contribution >= 4 is 28.3 Å². The number of carbonyl (C=O) groups is 1. The highest BCUT2D eigenvalue weighted by Crippen LogP contribution is 2.27. The zero-order valence-corrected chi connectivity index (χ0v) is 18.0. The molecule has 2 aromatic heterocycles. The molecule has 2 heterocycles. The molecule has 0 radical (unpaired) electrons. The Labute approximate surface area is 185 Å². The van der Waals surface area contributed by atoms with E-state index in [1.54, 1.807) is 16.6 Å². The first-order valence-corrected chi connectivity index (χ1v) is 11.0. The molecular formula is C24H25FN6O. The standard InChI is InChI=1S/C24H25FN6O/c1-16-7-12-22-17(13-16)14-18(23-27-28-29-31(22)23)15-30(21-5-3-2-4-6-21)24(32)26-20-10-8-19(25)9-11-20/h7-14,21H,2-6,15H2,1H3,(H,26,32). The van der Waals surface area contributed by atoms with E-state index in [9.17, 15) is 9.18 Å². The molecule has 0 aliphatic heterocycles. The first-order chi connectivity index (χ1) is 15.6. The Morgan fingerprint density at radius 2 is 1.91 bits per heavy atom. The van der Waals surface area contributed by atoms with Gasteiger partial charge in [0.1, 0.15) is 5.82 Å². The number of hydrogen-bond donors (Lipinski definition) is 1. The zero-order chi connectivity index (χ0) is 22.1. The number of anilines is 1. The van der Waals surface area contributed by atoms with Crippen molar-refractivity contribution in [2.24, 2.45) is 0 Å². The molecule has 1 saturated carbocycles. The average molecular weight is 433 g/mol. The van der Waals surface area contributed by atoms with Crippen molar-refractivity contribution in [2.45, 2.75) is 51.6 Å². The van der Waals surface area contributed by atoms with Crippen molar-refractivity contribution in [1.29, 1.82) is 0 Å². The van der Waals surface area contributed by atoms with Gasteiger partial charge in [0.15, 0.2) is 5.65 Å². The number of carbonyl (C=O) groups excluding carboxylic acids is 1. The number of fused-ring (bicyclic) bond motifs is 3. The van der Waals surface area contributed by atoms with Gasteiger partial charge in [0.2, 0.25) is 0 Å². The van der Waals surface area contributed by atoms with Crippen molar-refractivity contribution < 1.29 is 9.18 Å². The van der Waals surface area contributed by atoms with E-state index < -0.39 is 0 Å². The lowest BCUT2D eigenvalue weighted by Gasteiger charge is -2.34. The summed E-state index contributed by atoms with van der Waals surface area (Å²) in [6, 6.07) is 14.0. The number of pyridine rings is 1. The fourth-order valence-electron chi connectivity index (χ4n) is 4.57. The molecule has 0 saturated heterocycles. The summed E-state index contributed by atoms with van der Waals surface area (Å²) < 4.78 is 15.0. The van der Waals surface area contributed by atoms with E-state index in [1.807, 2.05) is 24.0 Å². The summed E-state index contributed by atoms with van der Waals surface area (Å²) in [6.07, 6.45) is 5.32. The number of benzene rings is 2. The fourth-order valence-corrected chi connectivity index (χ4v) is 4.57. The summed E-state index contributed by atoms with van der Waals surface area (Å²) in [7, 11) is 0. The summed E-state index contributed by atoms with van der Waals surface area (Å²) >= 11 is 0. The predicted molar refractivity (Wildman–Crippen MR) is 121 cm³/mol. The molecule has 32 heavy (non-hydrogen) atoms. The summed E-state index contributed by atoms with van der Waals surface area (Å²) in [5.74, 6) is -0.333. The molecule has 0 atom stereocenters. The van der Waals surface area contributed by atoms with E-state index in [-0.39, 0.29) is 17.9 Å². The maximum absolute atomic E-state index is 13.4. The number of aromatic nitrogens is 4. The second-order valence-electron chi connectivity index (χ2n) is 8.50. The maximum Gasteiger partial charge on any atom is 0.322 e. The molecule has 7 nitrogen and oxygen atoms in total. The minimum absolute atomic E-state index is 0.133. The van der Waals surface area contributed by atoms with Crippen LogP contribution in [0.4, 0.5) is 14.9 Å². The van der Waals surface area contributed by atoms with Crippen molar-refractivity contribution in [3.05, 3.63) is 65.5 Å².